The maximum absolute atomic E-state index is 12.3. The van der Waals surface area contributed by atoms with Gasteiger partial charge >= 0.3 is 0 Å². The van der Waals surface area contributed by atoms with Crippen LogP contribution in [0.4, 0.5) is 5.69 Å². The van der Waals surface area contributed by atoms with Crippen molar-refractivity contribution in [3.63, 3.8) is 0 Å². The molecule has 1 fully saturated rings. The zero-order valence-corrected chi connectivity index (χ0v) is 17.0. The van der Waals surface area contributed by atoms with Gasteiger partial charge in [0.2, 0.25) is 0 Å². The van der Waals surface area contributed by atoms with Crippen molar-refractivity contribution < 1.29 is 14.3 Å². The van der Waals surface area contributed by atoms with E-state index in [4.69, 9.17) is 9.47 Å². The first-order valence-electron chi connectivity index (χ1n) is 10.4. The standard InChI is InChI=1S/C23H29N3O3/c1-28-20-9-7-19(8-10-20)26-15-13-25(14-16-26)12-4-11-24-23(27)22-17-18-5-2-3-6-21(18)29-22/h2-3,5-10,22H,4,11-17H2,1H3,(H,24,27). The third-order valence-corrected chi connectivity index (χ3v) is 5.70. The lowest BCUT2D eigenvalue weighted by Gasteiger charge is -2.36. The Morgan fingerprint density at radius 2 is 1.86 bits per heavy atom. The lowest BCUT2D eigenvalue weighted by Crippen LogP contribution is -2.47. The molecule has 4 rings (SSSR count). The van der Waals surface area contributed by atoms with Crippen LogP contribution in [0, 0.1) is 0 Å². The Bertz CT molecular complexity index is 791. The van der Waals surface area contributed by atoms with Crippen LogP contribution in [0.3, 0.4) is 0 Å². The largest absolute Gasteiger partial charge is 0.497 e. The summed E-state index contributed by atoms with van der Waals surface area (Å²) in [4.78, 5) is 17.2. The number of piperazine rings is 1. The molecule has 6 nitrogen and oxygen atoms in total. The molecule has 0 bridgehead atoms. The first-order chi connectivity index (χ1) is 14.2. The molecule has 1 unspecified atom stereocenters. The second kappa shape index (κ2) is 9.18. The zero-order valence-electron chi connectivity index (χ0n) is 17.0. The van der Waals surface area contributed by atoms with E-state index in [1.807, 2.05) is 36.4 Å². The van der Waals surface area contributed by atoms with E-state index in [0.717, 1.165) is 56.2 Å². The predicted octanol–water partition coefficient (Wildman–Crippen LogP) is 2.33. The van der Waals surface area contributed by atoms with Crippen LogP contribution in [0.15, 0.2) is 48.5 Å². The summed E-state index contributed by atoms with van der Waals surface area (Å²) < 4.78 is 11.0. The number of para-hydroxylation sites is 1. The monoisotopic (exact) mass is 395 g/mol. The summed E-state index contributed by atoms with van der Waals surface area (Å²) in [6, 6.07) is 16.1. The van der Waals surface area contributed by atoms with Gasteiger partial charge in [0, 0.05) is 44.8 Å². The van der Waals surface area contributed by atoms with E-state index in [1.54, 1.807) is 7.11 Å². The Hall–Kier alpha value is -2.73. The molecule has 2 heterocycles. The maximum Gasteiger partial charge on any atom is 0.261 e. The topological polar surface area (TPSA) is 54.0 Å². The molecule has 2 aromatic carbocycles. The molecular formula is C23H29N3O3. The van der Waals surface area contributed by atoms with Crippen molar-refractivity contribution >= 4 is 11.6 Å². The van der Waals surface area contributed by atoms with Crippen LogP contribution < -0.4 is 19.7 Å². The maximum atomic E-state index is 12.3. The highest BCUT2D eigenvalue weighted by Crippen LogP contribution is 2.28. The lowest BCUT2D eigenvalue weighted by molar-refractivity contribution is -0.127. The Morgan fingerprint density at radius 1 is 1.10 bits per heavy atom. The Balaban J connectivity index is 1.13. The summed E-state index contributed by atoms with van der Waals surface area (Å²) in [7, 11) is 1.69. The average Bonchev–Trinajstić information content (AvgIpc) is 3.22. The van der Waals surface area contributed by atoms with Gasteiger partial charge < -0.3 is 19.7 Å². The minimum absolute atomic E-state index is 0.00877. The molecule has 1 saturated heterocycles. The summed E-state index contributed by atoms with van der Waals surface area (Å²) in [6.07, 6.45) is 1.23. The fourth-order valence-corrected chi connectivity index (χ4v) is 3.98. The number of fused-ring (bicyclic) bond motifs is 1. The van der Waals surface area contributed by atoms with E-state index in [9.17, 15) is 4.79 Å². The predicted molar refractivity (Wildman–Crippen MR) is 114 cm³/mol. The summed E-state index contributed by atoms with van der Waals surface area (Å²) in [5, 5.41) is 3.03. The highest BCUT2D eigenvalue weighted by Gasteiger charge is 2.28. The number of hydrogen-bond acceptors (Lipinski definition) is 5. The van der Waals surface area contributed by atoms with Gasteiger partial charge in [-0.15, -0.1) is 0 Å². The first-order valence-corrected chi connectivity index (χ1v) is 10.4. The van der Waals surface area contributed by atoms with Crippen LogP contribution in [0.5, 0.6) is 11.5 Å². The first kappa shape index (κ1) is 19.6. The second-order valence-electron chi connectivity index (χ2n) is 7.59. The van der Waals surface area contributed by atoms with E-state index < -0.39 is 0 Å². The number of carbonyl (C=O) groups is 1. The number of nitrogens with one attached hydrogen (secondary N) is 1. The van der Waals surface area contributed by atoms with E-state index in [1.165, 1.54) is 5.69 Å². The van der Waals surface area contributed by atoms with Gasteiger partial charge in [-0.3, -0.25) is 9.69 Å². The number of rotatable bonds is 7. The molecule has 1 atom stereocenters. The molecule has 0 radical (unpaired) electrons. The molecule has 0 saturated carbocycles. The third-order valence-electron chi connectivity index (χ3n) is 5.70. The number of benzene rings is 2. The second-order valence-corrected chi connectivity index (χ2v) is 7.59. The van der Waals surface area contributed by atoms with Crippen molar-refractivity contribution in [1.82, 2.24) is 10.2 Å². The molecule has 0 aromatic heterocycles. The normalized spacial score (nSPS) is 18.8. The number of methoxy groups -OCH3 is 1. The molecule has 2 aromatic rings. The van der Waals surface area contributed by atoms with Crippen LogP contribution in [-0.4, -0.2) is 63.3 Å². The number of ether oxygens (including phenoxy) is 2. The van der Waals surface area contributed by atoms with Gasteiger partial charge in [-0.1, -0.05) is 18.2 Å². The van der Waals surface area contributed by atoms with Crippen LogP contribution in [0.2, 0.25) is 0 Å². The summed E-state index contributed by atoms with van der Waals surface area (Å²) in [5.41, 5.74) is 2.36. The van der Waals surface area contributed by atoms with E-state index in [2.05, 4.69) is 27.2 Å². The number of nitrogens with zero attached hydrogens (tertiary/aromatic N) is 2. The number of hydrogen-bond donors (Lipinski definition) is 1. The fourth-order valence-electron chi connectivity index (χ4n) is 3.98. The third kappa shape index (κ3) is 4.82. The summed E-state index contributed by atoms with van der Waals surface area (Å²) in [6.45, 7) is 5.82. The van der Waals surface area contributed by atoms with Gasteiger partial charge in [0.05, 0.1) is 7.11 Å². The quantitative estimate of drug-likeness (QED) is 0.730. The van der Waals surface area contributed by atoms with Crippen molar-refractivity contribution in [2.24, 2.45) is 0 Å². The van der Waals surface area contributed by atoms with E-state index in [-0.39, 0.29) is 12.0 Å². The molecule has 2 aliphatic rings. The van der Waals surface area contributed by atoms with Crippen molar-refractivity contribution in [2.75, 3.05) is 51.3 Å². The van der Waals surface area contributed by atoms with Gasteiger partial charge in [0.15, 0.2) is 6.10 Å². The highest BCUT2D eigenvalue weighted by molar-refractivity contribution is 5.82. The average molecular weight is 396 g/mol. The molecule has 1 N–H and O–H groups in total. The van der Waals surface area contributed by atoms with Crippen molar-refractivity contribution in [1.29, 1.82) is 0 Å². The Kier molecular flexibility index (Phi) is 6.20. The van der Waals surface area contributed by atoms with Crippen molar-refractivity contribution in [3.05, 3.63) is 54.1 Å². The molecule has 6 heteroatoms. The minimum atomic E-state index is -0.388. The van der Waals surface area contributed by atoms with Gasteiger partial charge in [-0.05, 0) is 48.9 Å². The molecule has 29 heavy (non-hydrogen) atoms. The number of carbonyl (C=O) groups excluding carboxylic acids is 1. The van der Waals surface area contributed by atoms with Crippen LogP contribution in [0.25, 0.3) is 0 Å². The van der Waals surface area contributed by atoms with Crippen LogP contribution >= 0.6 is 0 Å². The molecule has 0 spiro atoms. The highest BCUT2D eigenvalue weighted by atomic mass is 16.5. The summed E-state index contributed by atoms with van der Waals surface area (Å²) >= 11 is 0. The van der Waals surface area contributed by atoms with E-state index in [0.29, 0.717) is 13.0 Å². The molecule has 154 valence electrons. The summed E-state index contributed by atoms with van der Waals surface area (Å²) in [5.74, 6) is 1.72. The Morgan fingerprint density at radius 3 is 2.59 bits per heavy atom. The molecule has 2 aliphatic heterocycles. The van der Waals surface area contributed by atoms with Gasteiger partial charge in [-0.25, -0.2) is 0 Å². The van der Waals surface area contributed by atoms with Crippen LogP contribution in [-0.2, 0) is 11.2 Å². The van der Waals surface area contributed by atoms with Gasteiger partial charge in [0.1, 0.15) is 11.5 Å². The molecular weight excluding hydrogens is 366 g/mol. The number of anilines is 1. The van der Waals surface area contributed by atoms with Gasteiger partial charge in [0.25, 0.3) is 5.91 Å². The lowest BCUT2D eigenvalue weighted by atomic mass is 10.1. The van der Waals surface area contributed by atoms with Crippen molar-refractivity contribution in [3.8, 4) is 11.5 Å². The van der Waals surface area contributed by atoms with Crippen LogP contribution in [0.1, 0.15) is 12.0 Å². The number of amides is 1. The zero-order chi connectivity index (χ0) is 20.1. The smallest absolute Gasteiger partial charge is 0.261 e. The molecule has 1 amide bonds. The molecule has 0 aliphatic carbocycles. The van der Waals surface area contributed by atoms with Crippen molar-refractivity contribution in [2.45, 2.75) is 18.9 Å². The SMILES string of the molecule is COc1ccc(N2CCN(CCCNC(=O)C3Cc4ccccc4O3)CC2)cc1. The Labute approximate surface area is 172 Å². The fraction of sp³-hybridized carbons (Fsp3) is 0.435. The van der Waals surface area contributed by atoms with E-state index >= 15 is 0 Å². The minimum Gasteiger partial charge on any atom is -0.497 e. The van der Waals surface area contributed by atoms with Gasteiger partial charge in [-0.2, -0.15) is 0 Å².